The SMILES string of the molecule is Cc1cccnc1NC(=O)CCCOc1ccccc1Cl. The van der Waals surface area contributed by atoms with Gasteiger partial charge in [-0.2, -0.15) is 0 Å². The molecule has 1 N–H and O–H groups in total. The predicted molar refractivity (Wildman–Crippen MR) is 83.8 cm³/mol. The van der Waals surface area contributed by atoms with Crippen LogP contribution in [0.1, 0.15) is 18.4 Å². The number of rotatable bonds is 6. The molecule has 1 amide bonds. The van der Waals surface area contributed by atoms with E-state index in [1.54, 1.807) is 18.3 Å². The lowest BCUT2D eigenvalue weighted by molar-refractivity contribution is -0.116. The number of anilines is 1. The van der Waals surface area contributed by atoms with Gasteiger partial charge in [0, 0.05) is 12.6 Å². The number of benzene rings is 1. The van der Waals surface area contributed by atoms with Crippen LogP contribution in [-0.4, -0.2) is 17.5 Å². The number of aromatic nitrogens is 1. The van der Waals surface area contributed by atoms with E-state index in [0.29, 0.717) is 36.0 Å². The van der Waals surface area contributed by atoms with Gasteiger partial charge in [0.25, 0.3) is 0 Å². The number of nitrogens with one attached hydrogen (secondary N) is 1. The maximum Gasteiger partial charge on any atom is 0.225 e. The fourth-order valence-corrected chi connectivity index (χ4v) is 1.98. The monoisotopic (exact) mass is 304 g/mol. The fourth-order valence-electron chi connectivity index (χ4n) is 1.79. The Kier molecular flexibility index (Phi) is 5.58. The average Bonchev–Trinajstić information content (AvgIpc) is 2.48. The molecule has 110 valence electrons. The lowest BCUT2D eigenvalue weighted by atomic mass is 10.2. The zero-order valence-corrected chi connectivity index (χ0v) is 12.6. The summed E-state index contributed by atoms with van der Waals surface area (Å²) < 4.78 is 5.53. The molecule has 0 aliphatic carbocycles. The highest BCUT2D eigenvalue weighted by Gasteiger charge is 2.06. The highest BCUT2D eigenvalue weighted by Crippen LogP contribution is 2.23. The van der Waals surface area contributed by atoms with Crippen molar-refractivity contribution in [2.45, 2.75) is 19.8 Å². The van der Waals surface area contributed by atoms with Gasteiger partial charge in [0.1, 0.15) is 11.6 Å². The molecule has 2 aromatic rings. The smallest absolute Gasteiger partial charge is 0.225 e. The molecule has 0 bridgehead atoms. The molecule has 0 saturated heterocycles. The highest BCUT2D eigenvalue weighted by molar-refractivity contribution is 6.32. The minimum atomic E-state index is -0.0699. The van der Waals surface area contributed by atoms with Crippen molar-refractivity contribution in [3.05, 3.63) is 53.2 Å². The lowest BCUT2D eigenvalue weighted by Gasteiger charge is -2.08. The standard InChI is InChI=1S/C16H17ClN2O2/c1-12-6-4-10-18-16(12)19-15(20)9-5-11-21-14-8-3-2-7-13(14)17/h2-4,6-8,10H,5,9,11H2,1H3,(H,18,19,20). The van der Waals surface area contributed by atoms with Crippen LogP contribution in [0.25, 0.3) is 0 Å². The lowest BCUT2D eigenvalue weighted by Crippen LogP contribution is -2.14. The van der Waals surface area contributed by atoms with Crippen LogP contribution in [-0.2, 0) is 4.79 Å². The van der Waals surface area contributed by atoms with Crippen LogP contribution in [0.4, 0.5) is 5.82 Å². The van der Waals surface area contributed by atoms with Crippen molar-refractivity contribution in [1.29, 1.82) is 0 Å². The number of hydrogen-bond acceptors (Lipinski definition) is 3. The quantitative estimate of drug-likeness (QED) is 0.825. The van der Waals surface area contributed by atoms with Crippen molar-refractivity contribution < 1.29 is 9.53 Å². The second-order valence-electron chi connectivity index (χ2n) is 4.60. The molecule has 0 spiro atoms. The summed E-state index contributed by atoms with van der Waals surface area (Å²) in [6.45, 7) is 2.35. The summed E-state index contributed by atoms with van der Waals surface area (Å²) in [5.41, 5.74) is 0.943. The van der Waals surface area contributed by atoms with Gasteiger partial charge in [-0.1, -0.05) is 29.8 Å². The second-order valence-corrected chi connectivity index (χ2v) is 5.01. The molecule has 0 radical (unpaired) electrons. The van der Waals surface area contributed by atoms with Crippen LogP contribution in [0.3, 0.4) is 0 Å². The van der Waals surface area contributed by atoms with Gasteiger partial charge in [-0.05, 0) is 37.1 Å². The maximum absolute atomic E-state index is 11.8. The number of carbonyl (C=O) groups is 1. The van der Waals surface area contributed by atoms with Gasteiger partial charge >= 0.3 is 0 Å². The van der Waals surface area contributed by atoms with E-state index in [0.717, 1.165) is 5.56 Å². The third-order valence-electron chi connectivity index (χ3n) is 2.91. The van der Waals surface area contributed by atoms with Crippen LogP contribution in [0.2, 0.25) is 5.02 Å². The molecule has 0 aliphatic rings. The largest absolute Gasteiger partial charge is 0.492 e. The van der Waals surface area contributed by atoms with Crippen LogP contribution in [0.5, 0.6) is 5.75 Å². The zero-order valence-electron chi connectivity index (χ0n) is 11.8. The number of ether oxygens (including phenoxy) is 1. The van der Waals surface area contributed by atoms with Crippen LogP contribution in [0, 0.1) is 6.92 Å². The second kappa shape index (κ2) is 7.64. The summed E-state index contributed by atoms with van der Waals surface area (Å²) in [4.78, 5) is 15.9. The van der Waals surface area contributed by atoms with E-state index in [4.69, 9.17) is 16.3 Å². The predicted octanol–water partition coefficient (Wildman–Crippen LogP) is 3.84. The van der Waals surface area contributed by atoms with Crippen molar-refractivity contribution in [3.8, 4) is 5.75 Å². The Labute approximate surface area is 129 Å². The van der Waals surface area contributed by atoms with Gasteiger partial charge in [-0.3, -0.25) is 4.79 Å². The zero-order chi connectivity index (χ0) is 15.1. The topological polar surface area (TPSA) is 51.2 Å². The number of aryl methyl sites for hydroxylation is 1. The van der Waals surface area contributed by atoms with Crippen molar-refractivity contribution in [2.24, 2.45) is 0 Å². The number of para-hydroxylation sites is 1. The van der Waals surface area contributed by atoms with E-state index >= 15 is 0 Å². The molecule has 0 saturated carbocycles. The Hall–Kier alpha value is -2.07. The van der Waals surface area contributed by atoms with E-state index in [1.807, 2.05) is 31.2 Å². The number of amides is 1. The third-order valence-corrected chi connectivity index (χ3v) is 3.22. The molecule has 0 fully saturated rings. The van der Waals surface area contributed by atoms with Crippen molar-refractivity contribution in [1.82, 2.24) is 4.98 Å². The molecular weight excluding hydrogens is 288 g/mol. The normalized spacial score (nSPS) is 10.2. The molecule has 21 heavy (non-hydrogen) atoms. The summed E-state index contributed by atoms with van der Waals surface area (Å²) in [7, 11) is 0. The van der Waals surface area contributed by atoms with Gasteiger partial charge in [0.05, 0.1) is 11.6 Å². The van der Waals surface area contributed by atoms with Gasteiger partial charge in [0.2, 0.25) is 5.91 Å². The molecule has 1 aromatic heterocycles. The summed E-state index contributed by atoms with van der Waals surface area (Å²) >= 11 is 5.98. The van der Waals surface area contributed by atoms with Gasteiger partial charge in [-0.25, -0.2) is 4.98 Å². The number of halogens is 1. The van der Waals surface area contributed by atoms with Crippen LogP contribution >= 0.6 is 11.6 Å². The average molecular weight is 305 g/mol. The fraction of sp³-hybridized carbons (Fsp3) is 0.250. The first-order valence-electron chi connectivity index (χ1n) is 6.75. The number of carbonyl (C=O) groups excluding carboxylic acids is 1. The van der Waals surface area contributed by atoms with E-state index in [-0.39, 0.29) is 5.91 Å². The molecule has 1 heterocycles. The first-order chi connectivity index (χ1) is 10.2. The first kappa shape index (κ1) is 15.3. The summed E-state index contributed by atoms with van der Waals surface area (Å²) in [6.07, 6.45) is 2.65. The Bertz CT molecular complexity index is 617. The van der Waals surface area contributed by atoms with Gasteiger partial charge < -0.3 is 10.1 Å². The number of hydrogen-bond donors (Lipinski definition) is 1. The molecule has 5 heteroatoms. The molecular formula is C16H17ClN2O2. The third kappa shape index (κ3) is 4.76. The van der Waals surface area contributed by atoms with E-state index in [9.17, 15) is 4.79 Å². The molecule has 4 nitrogen and oxygen atoms in total. The maximum atomic E-state index is 11.8. The highest BCUT2D eigenvalue weighted by atomic mass is 35.5. The van der Waals surface area contributed by atoms with E-state index < -0.39 is 0 Å². The molecule has 1 aromatic carbocycles. The van der Waals surface area contributed by atoms with Gasteiger partial charge in [0.15, 0.2) is 0 Å². The number of nitrogens with zero attached hydrogens (tertiary/aromatic N) is 1. The van der Waals surface area contributed by atoms with E-state index in [2.05, 4.69) is 10.3 Å². The van der Waals surface area contributed by atoms with Crippen molar-refractivity contribution in [3.63, 3.8) is 0 Å². The Morgan fingerprint density at radius 1 is 1.29 bits per heavy atom. The summed E-state index contributed by atoms with van der Waals surface area (Å²) in [6, 6.07) is 11.0. The minimum absolute atomic E-state index is 0.0699. The first-order valence-corrected chi connectivity index (χ1v) is 7.13. The molecule has 0 aliphatic heterocycles. The Morgan fingerprint density at radius 2 is 2.10 bits per heavy atom. The number of pyridine rings is 1. The summed E-state index contributed by atoms with van der Waals surface area (Å²) in [5, 5.41) is 3.36. The van der Waals surface area contributed by atoms with Crippen molar-refractivity contribution in [2.75, 3.05) is 11.9 Å². The Morgan fingerprint density at radius 3 is 2.86 bits per heavy atom. The minimum Gasteiger partial charge on any atom is -0.492 e. The Balaban J connectivity index is 1.73. The summed E-state index contributed by atoms with van der Waals surface area (Å²) in [5.74, 6) is 1.18. The van der Waals surface area contributed by atoms with Crippen LogP contribution in [0.15, 0.2) is 42.6 Å². The van der Waals surface area contributed by atoms with Crippen molar-refractivity contribution >= 4 is 23.3 Å². The molecule has 0 unspecified atom stereocenters. The van der Waals surface area contributed by atoms with Crippen LogP contribution < -0.4 is 10.1 Å². The van der Waals surface area contributed by atoms with Gasteiger partial charge in [-0.15, -0.1) is 0 Å². The molecule has 0 atom stereocenters. The van der Waals surface area contributed by atoms with E-state index in [1.165, 1.54) is 0 Å². The molecule has 2 rings (SSSR count).